The first-order chi connectivity index (χ1) is 9.66. The minimum atomic E-state index is -0.188. The summed E-state index contributed by atoms with van der Waals surface area (Å²) in [7, 11) is 1.83. The van der Waals surface area contributed by atoms with Crippen LogP contribution in [0.5, 0.6) is 0 Å². The molecule has 0 aliphatic carbocycles. The quantitative estimate of drug-likeness (QED) is 0.765. The number of amides is 1. The minimum Gasteiger partial charge on any atom is -0.397 e. The van der Waals surface area contributed by atoms with Crippen LogP contribution in [0.2, 0.25) is 0 Å². The predicted octanol–water partition coefficient (Wildman–Crippen LogP) is 1.54. The van der Waals surface area contributed by atoms with E-state index >= 15 is 0 Å². The number of thiophene rings is 1. The zero-order valence-electron chi connectivity index (χ0n) is 10.8. The highest BCUT2D eigenvalue weighted by Crippen LogP contribution is 2.31. The number of hydrogen-bond donors (Lipinski definition) is 2. The number of nitrogen functional groups attached to an aromatic ring is 1. The molecule has 0 radical (unpaired) electrons. The van der Waals surface area contributed by atoms with Gasteiger partial charge in [-0.1, -0.05) is 0 Å². The van der Waals surface area contributed by atoms with E-state index in [4.69, 9.17) is 5.73 Å². The second-order valence-corrected chi connectivity index (χ2v) is 5.33. The van der Waals surface area contributed by atoms with E-state index in [1.54, 1.807) is 17.1 Å². The summed E-state index contributed by atoms with van der Waals surface area (Å²) in [5, 5.41) is 7.72. The standard InChI is InChI=1S/C13H13N5OS/c1-18-8(4-6-17-18)7-16-12(19)11-10(14)9-3-2-5-15-13(9)20-11/h2-6H,7,14H2,1H3,(H,16,19). The summed E-state index contributed by atoms with van der Waals surface area (Å²) in [6.07, 6.45) is 3.38. The first kappa shape index (κ1) is 12.6. The van der Waals surface area contributed by atoms with Crippen molar-refractivity contribution >= 4 is 33.1 Å². The van der Waals surface area contributed by atoms with Crippen LogP contribution in [0.4, 0.5) is 5.69 Å². The summed E-state index contributed by atoms with van der Waals surface area (Å²) < 4.78 is 1.72. The molecule has 3 aromatic rings. The fraction of sp³-hybridized carbons (Fsp3) is 0.154. The van der Waals surface area contributed by atoms with Gasteiger partial charge in [0, 0.05) is 24.8 Å². The van der Waals surface area contributed by atoms with Crippen LogP contribution in [0.1, 0.15) is 15.4 Å². The number of carbonyl (C=O) groups is 1. The first-order valence-electron chi connectivity index (χ1n) is 6.05. The third-order valence-corrected chi connectivity index (χ3v) is 4.19. The van der Waals surface area contributed by atoms with Gasteiger partial charge in [-0.2, -0.15) is 5.10 Å². The zero-order valence-corrected chi connectivity index (χ0v) is 11.6. The summed E-state index contributed by atoms with van der Waals surface area (Å²) in [4.78, 5) is 17.7. The molecule has 0 saturated carbocycles. The van der Waals surface area contributed by atoms with Gasteiger partial charge in [0.1, 0.15) is 9.71 Å². The predicted molar refractivity (Wildman–Crippen MR) is 78.4 cm³/mol. The first-order valence-corrected chi connectivity index (χ1v) is 6.86. The van der Waals surface area contributed by atoms with Gasteiger partial charge in [0.2, 0.25) is 0 Å². The summed E-state index contributed by atoms with van der Waals surface area (Å²) in [6.45, 7) is 0.413. The summed E-state index contributed by atoms with van der Waals surface area (Å²) in [5.41, 5.74) is 7.42. The Labute approximate surface area is 119 Å². The molecule has 0 aliphatic rings. The Kier molecular flexibility index (Phi) is 3.11. The Morgan fingerprint density at radius 1 is 1.45 bits per heavy atom. The molecular weight excluding hydrogens is 274 g/mol. The molecule has 3 rings (SSSR count). The molecule has 0 fully saturated rings. The summed E-state index contributed by atoms with van der Waals surface area (Å²) in [5.74, 6) is -0.188. The smallest absolute Gasteiger partial charge is 0.263 e. The lowest BCUT2D eigenvalue weighted by molar-refractivity contribution is 0.0955. The van der Waals surface area contributed by atoms with Gasteiger partial charge in [-0.15, -0.1) is 11.3 Å². The van der Waals surface area contributed by atoms with E-state index in [1.165, 1.54) is 11.3 Å². The Bertz CT molecular complexity index is 776. The molecule has 0 unspecified atom stereocenters. The molecule has 1 amide bonds. The molecule has 3 heterocycles. The number of fused-ring (bicyclic) bond motifs is 1. The molecule has 0 aliphatic heterocycles. The second-order valence-electron chi connectivity index (χ2n) is 4.33. The number of carbonyl (C=O) groups excluding carboxylic acids is 1. The molecule has 6 nitrogen and oxygen atoms in total. The van der Waals surface area contributed by atoms with E-state index < -0.39 is 0 Å². The lowest BCUT2D eigenvalue weighted by atomic mass is 10.2. The Balaban J connectivity index is 1.82. The summed E-state index contributed by atoms with van der Waals surface area (Å²) in [6, 6.07) is 5.53. The van der Waals surface area contributed by atoms with Crippen molar-refractivity contribution in [1.82, 2.24) is 20.1 Å². The average molecular weight is 287 g/mol. The molecule has 3 aromatic heterocycles. The third kappa shape index (κ3) is 2.12. The fourth-order valence-electron chi connectivity index (χ4n) is 1.95. The van der Waals surface area contributed by atoms with Crippen molar-refractivity contribution in [3.8, 4) is 0 Å². The second kappa shape index (κ2) is 4.93. The van der Waals surface area contributed by atoms with Crippen molar-refractivity contribution in [2.45, 2.75) is 6.54 Å². The third-order valence-electron chi connectivity index (χ3n) is 3.06. The van der Waals surface area contributed by atoms with Gasteiger partial charge >= 0.3 is 0 Å². The molecule has 0 saturated heterocycles. The molecule has 0 aromatic carbocycles. The van der Waals surface area contributed by atoms with Crippen molar-refractivity contribution in [3.05, 3.63) is 41.2 Å². The molecule has 0 bridgehead atoms. The van der Waals surface area contributed by atoms with Crippen LogP contribution in [-0.4, -0.2) is 20.7 Å². The number of aryl methyl sites for hydroxylation is 1. The highest BCUT2D eigenvalue weighted by Gasteiger charge is 2.16. The Hall–Kier alpha value is -2.41. The maximum Gasteiger partial charge on any atom is 0.263 e. The van der Waals surface area contributed by atoms with Gasteiger partial charge in [-0.25, -0.2) is 4.98 Å². The van der Waals surface area contributed by atoms with Crippen LogP contribution in [-0.2, 0) is 13.6 Å². The Morgan fingerprint density at radius 2 is 2.30 bits per heavy atom. The number of nitrogens with zero attached hydrogens (tertiary/aromatic N) is 3. The van der Waals surface area contributed by atoms with Crippen LogP contribution >= 0.6 is 11.3 Å². The van der Waals surface area contributed by atoms with Gasteiger partial charge < -0.3 is 11.1 Å². The van der Waals surface area contributed by atoms with E-state index in [0.717, 1.165) is 15.9 Å². The maximum absolute atomic E-state index is 12.2. The summed E-state index contributed by atoms with van der Waals surface area (Å²) >= 11 is 1.30. The molecule has 20 heavy (non-hydrogen) atoms. The fourth-order valence-corrected chi connectivity index (χ4v) is 2.93. The highest BCUT2D eigenvalue weighted by atomic mass is 32.1. The van der Waals surface area contributed by atoms with Crippen molar-refractivity contribution in [1.29, 1.82) is 0 Å². The van der Waals surface area contributed by atoms with Crippen LogP contribution in [0.3, 0.4) is 0 Å². The number of nitrogens with two attached hydrogens (primary N) is 1. The number of aromatic nitrogens is 3. The van der Waals surface area contributed by atoms with Crippen LogP contribution in [0.25, 0.3) is 10.2 Å². The number of rotatable bonds is 3. The van der Waals surface area contributed by atoms with Crippen molar-refractivity contribution in [2.75, 3.05) is 5.73 Å². The molecular formula is C13H13N5OS. The number of hydrogen-bond acceptors (Lipinski definition) is 5. The molecule has 0 atom stereocenters. The maximum atomic E-state index is 12.2. The molecule has 7 heteroatoms. The highest BCUT2D eigenvalue weighted by molar-refractivity contribution is 7.21. The van der Waals surface area contributed by atoms with Gasteiger partial charge in [0.25, 0.3) is 5.91 Å². The SMILES string of the molecule is Cn1nccc1CNC(=O)c1sc2ncccc2c1N. The lowest BCUT2D eigenvalue weighted by Crippen LogP contribution is -2.23. The van der Waals surface area contributed by atoms with Crippen molar-refractivity contribution in [2.24, 2.45) is 7.05 Å². The zero-order chi connectivity index (χ0) is 14.1. The van der Waals surface area contributed by atoms with Crippen molar-refractivity contribution < 1.29 is 4.79 Å². The van der Waals surface area contributed by atoms with E-state index in [0.29, 0.717) is 17.1 Å². The van der Waals surface area contributed by atoms with Gasteiger partial charge in [-0.05, 0) is 18.2 Å². The van der Waals surface area contributed by atoms with Crippen LogP contribution < -0.4 is 11.1 Å². The number of anilines is 1. The molecule has 102 valence electrons. The molecule has 0 spiro atoms. The largest absolute Gasteiger partial charge is 0.397 e. The monoisotopic (exact) mass is 287 g/mol. The van der Waals surface area contributed by atoms with Gasteiger partial charge in [0.05, 0.1) is 17.9 Å². The average Bonchev–Trinajstić information content (AvgIpc) is 3.01. The van der Waals surface area contributed by atoms with E-state index in [1.807, 2.05) is 25.2 Å². The minimum absolute atomic E-state index is 0.188. The lowest BCUT2D eigenvalue weighted by Gasteiger charge is -2.04. The van der Waals surface area contributed by atoms with Crippen LogP contribution in [0, 0.1) is 0 Å². The van der Waals surface area contributed by atoms with E-state index in [2.05, 4.69) is 15.4 Å². The van der Waals surface area contributed by atoms with Gasteiger partial charge in [0.15, 0.2) is 0 Å². The number of pyridine rings is 1. The van der Waals surface area contributed by atoms with Crippen LogP contribution in [0.15, 0.2) is 30.6 Å². The Morgan fingerprint density at radius 3 is 3.00 bits per heavy atom. The molecule has 3 N–H and O–H groups in total. The number of nitrogens with one attached hydrogen (secondary N) is 1. The normalized spacial score (nSPS) is 10.8. The van der Waals surface area contributed by atoms with Gasteiger partial charge in [-0.3, -0.25) is 9.48 Å². The van der Waals surface area contributed by atoms with E-state index in [-0.39, 0.29) is 5.91 Å². The van der Waals surface area contributed by atoms with E-state index in [9.17, 15) is 4.79 Å². The topological polar surface area (TPSA) is 85.8 Å². The van der Waals surface area contributed by atoms with Crippen molar-refractivity contribution in [3.63, 3.8) is 0 Å².